The van der Waals surface area contributed by atoms with Crippen molar-refractivity contribution in [2.24, 2.45) is 5.73 Å². The van der Waals surface area contributed by atoms with Gasteiger partial charge in [-0.25, -0.2) is 0 Å². The molecule has 1 aliphatic rings. The number of aromatic nitrogens is 1. The molecule has 2 heterocycles. The second-order valence-corrected chi connectivity index (χ2v) is 6.66. The molecular formula is C19H19N3OS. The average Bonchev–Trinajstić information content (AvgIpc) is 2.92. The third-order valence-corrected chi connectivity index (χ3v) is 4.93. The minimum atomic E-state index is 0.0519. The average molecular weight is 337 g/mol. The third-order valence-electron chi connectivity index (χ3n) is 4.69. The molecule has 1 aliphatic heterocycles. The summed E-state index contributed by atoms with van der Waals surface area (Å²) in [6.07, 6.45) is 2.20. The fraction of sp³-hybridized carbons (Fsp3) is 0.211. The summed E-state index contributed by atoms with van der Waals surface area (Å²) in [6, 6.07) is 14.6. The number of thiocarbonyl (C=S) groups is 1. The second kappa shape index (κ2) is 6.02. The Balaban J connectivity index is 1.92. The lowest BCUT2D eigenvalue weighted by Gasteiger charge is -2.29. The maximum atomic E-state index is 9.47. The zero-order chi connectivity index (χ0) is 16.7. The van der Waals surface area contributed by atoms with Gasteiger partial charge in [0.25, 0.3) is 0 Å². The predicted molar refractivity (Wildman–Crippen MR) is 101 cm³/mol. The normalized spacial score (nSPS) is 14.7. The number of aliphatic hydroxyl groups is 1. The molecule has 0 radical (unpaired) electrons. The molecule has 1 saturated heterocycles. The second-order valence-electron chi connectivity index (χ2n) is 6.22. The monoisotopic (exact) mass is 337 g/mol. The Morgan fingerprint density at radius 2 is 2.08 bits per heavy atom. The van der Waals surface area contributed by atoms with Gasteiger partial charge in [-0.2, -0.15) is 0 Å². The summed E-state index contributed by atoms with van der Waals surface area (Å²) in [4.78, 5) is 0.409. The lowest BCUT2D eigenvalue weighted by atomic mass is 10.0. The Morgan fingerprint density at radius 3 is 2.75 bits per heavy atom. The quantitative estimate of drug-likeness (QED) is 0.640. The van der Waals surface area contributed by atoms with Gasteiger partial charge in [-0.15, -0.1) is 0 Å². The number of rotatable bonds is 4. The van der Waals surface area contributed by atoms with Crippen LogP contribution < -0.4 is 11.1 Å². The van der Waals surface area contributed by atoms with Gasteiger partial charge < -0.3 is 20.7 Å². The molecule has 4 nitrogen and oxygen atoms in total. The predicted octanol–water partition coefficient (Wildman–Crippen LogP) is 2.58. The summed E-state index contributed by atoms with van der Waals surface area (Å²) in [5.41, 5.74) is 11.0. The first-order valence-electron chi connectivity index (χ1n) is 8.02. The van der Waals surface area contributed by atoms with E-state index in [1.807, 2.05) is 24.3 Å². The highest BCUT2D eigenvalue weighted by Crippen LogP contribution is 2.34. The smallest absolute Gasteiger partial charge is 0.104 e. The molecule has 1 aromatic heterocycles. The van der Waals surface area contributed by atoms with E-state index in [4.69, 9.17) is 18.0 Å². The van der Waals surface area contributed by atoms with Crippen molar-refractivity contribution in [2.45, 2.75) is 12.6 Å². The van der Waals surface area contributed by atoms with Gasteiger partial charge in [-0.3, -0.25) is 0 Å². The van der Waals surface area contributed by atoms with Crippen molar-refractivity contribution in [1.29, 1.82) is 0 Å². The summed E-state index contributed by atoms with van der Waals surface area (Å²) in [5, 5.41) is 14.0. The van der Waals surface area contributed by atoms with Gasteiger partial charge >= 0.3 is 0 Å². The summed E-state index contributed by atoms with van der Waals surface area (Å²) in [7, 11) is 0. The van der Waals surface area contributed by atoms with Crippen LogP contribution >= 0.6 is 12.2 Å². The molecule has 1 fully saturated rings. The topological polar surface area (TPSA) is 63.2 Å². The third kappa shape index (κ3) is 2.51. The van der Waals surface area contributed by atoms with E-state index >= 15 is 0 Å². The number of nitrogens with two attached hydrogens (primary N) is 1. The van der Waals surface area contributed by atoms with E-state index in [1.54, 1.807) is 0 Å². The number of benzene rings is 2. The summed E-state index contributed by atoms with van der Waals surface area (Å²) < 4.78 is 2.31. The molecule has 24 heavy (non-hydrogen) atoms. The Bertz CT molecular complexity index is 928. The van der Waals surface area contributed by atoms with Crippen LogP contribution in [0.3, 0.4) is 0 Å². The molecule has 0 unspecified atom stereocenters. The zero-order valence-corrected chi connectivity index (χ0v) is 14.0. The van der Waals surface area contributed by atoms with E-state index in [9.17, 15) is 5.11 Å². The first kappa shape index (κ1) is 15.3. The molecule has 3 aromatic rings. The number of fused-ring (bicyclic) bond motifs is 1. The molecule has 0 saturated carbocycles. The summed E-state index contributed by atoms with van der Waals surface area (Å²) in [6.45, 7) is 2.00. The van der Waals surface area contributed by atoms with Crippen molar-refractivity contribution in [3.8, 4) is 11.1 Å². The standard InChI is InChI=1S/C19H19N3OS/c20-19(24)14-3-1-2-13(7-14)17-10-22(15-8-21-9-15)18-6-12(11-23)4-5-16(17)18/h1-7,10,15,21,23H,8-9,11H2,(H2,20,24). The molecule has 0 aliphatic carbocycles. The van der Waals surface area contributed by atoms with Crippen LogP contribution in [0.15, 0.2) is 48.7 Å². The molecule has 5 heteroatoms. The Kier molecular flexibility index (Phi) is 3.84. The van der Waals surface area contributed by atoms with Crippen LogP contribution in [0.4, 0.5) is 0 Å². The van der Waals surface area contributed by atoms with E-state index in [-0.39, 0.29) is 6.61 Å². The van der Waals surface area contributed by atoms with Crippen LogP contribution in [0.1, 0.15) is 17.2 Å². The maximum Gasteiger partial charge on any atom is 0.104 e. The minimum absolute atomic E-state index is 0.0519. The maximum absolute atomic E-state index is 9.47. The Hall–Kier alpha value is -2.21. The molecule has 0 bridgehead atoms. The van der Waals surface area contributed by atoms with Crippen molar-refractivity contribution >= 4 is 28.1 Å². The Labute approximate surface area is 145 Å². The van der Waals surface area contributed by atoms with E-state index in [2.05, 4.69) is 34.3 Å². The fourth-order valence-electron chi connectivity index (χ4n) is 3.24. The first-order valence-corrected chi connectivity index (χ1v) is 8.43. The Morgan fingerprint density at radius 1 is 1.25 bits per heavy atom. The van der Waals surface area contributed by atoms with E-state index < -0.39 is 0 Å². The van der Waals surface area contributed by atoms with Crippen LogP contribution in [0.5, 0.6) is 0 Å². The highest BCUT2D eigenvalue weighted by molar-refractivity contribution is 7.80. The number of hydrogen-bond acceptors (Lipinski definition) is 3. The fourth-order valence-corrected chi connectivity index (χ4v) is 3.36. The van der Waals surface area contributed by atoms with Crippen LogP contribution in [0.25, 0.3) is 22.0 Å². The molecule has 2 aromatic carbocycles. The molecule has 0 atom stereocenters. The number of nitrogens with one attached hydrogen (secondary N) is 1. The van der Waals surface area contributed by atoms with Gasteiger partial charge in [-0.1, -0.05) is 42.5 Å². The minimum Gasteiger partial charge on any atom is -0.392 e. The van der Waals surface area contributed by atoms with E-state index in [0.717, 1.165) is 35.3 Å². The van der Waals surface area contributed by atoms with Crippen molar-refractivity contribution in [3.63, 3.8) is 0 Å². The van der Waals surface area contributed by atoms with Crippen LogP contribution in [0, 0.1) is 0 Å². The number of aliphatic hydroxyl groups excluding tert-OH is 1. The van der Waals surface area contributed by atoms with Gasteiger partial charge in [0.1, 0.15) is 4.99 Å². The van der Waals surface area contributed by atoms with Crippen LogP contribution in [-0.4, -0.2) is 27.8 Å². The summed E-state index contributed by atoms with van der Waals surface area (Å²) >= 11 is 5.11. The van der Waals surface area contributed by atoms with Crippen LogP contribution in [-0.2, 0) is 6.61 Å². The molecule has 0 amide bonds. The number of hydrogen-bond donors (Lipinski definition) is 3. The molecule has 4 N–H and O–H groups in total. The first-order chi connectivity index (χ1) is 11.7. The van der Waals surface area contributed by atoms with Gasteiger partial charge in [0.2, 0.25) is 0 Å². The van der Waals surface area contributed by atoms with Gasteiger partial charge in [0, 0.05) is 41.3 Å². The molecule has 0 spiro atoms. The van der Waals surface area contributed by atoms with Gasteiger partial charge in [-0.05, 0) is 23.3 Å². The molecule has 4 rings (SSSR count). The van der Waals surface area contributed by atoms with Crippen molar-refractivity contribution < 1.29 is 5.11 Å². The lowest BCUT2D eigenvalue weighted by molar-refractivity contribution is 0.282. The zero-order valence-electron chi connectivity index (χ0n) is 13.2. The van der Waals surface area contributed by atoms with Crippen molar-refractivity contribution in [3.05, 3.63) is 59.8 Å². The SMILES string of the molecule is NC(=S)c1cccc(-c2cn(C3CNC3)c3cc(CO)ccc23)c1. The van der Waals surface area contributed by atoms with E-state index in [1.165, 1.54) is 10.9 Å². The van der Waals surface area contributed by atoms with Crippen molar-refractivity contribution in [1.82, 2.24) is 9.88 Å². The highest BCUT2D eigenvalue weighted by atomic mass is 32.1. The lowest BCUT2D eigenvalue weighted by Crippen LogP contribution is -2.43. The highest BCUT2D eigenvalue weighted by Gasteiger charge is 2.22. The van der Waals surface area contributed by atoms with Crippen molar-refractivity contribution in [2.75, 3.05) is 13.1 Å². The van der Waals surface area contributed by atoms with E-state index in [0.29, 0.717) is 11.0 Å². The largest absolute Gasteiger partial charge is 0.392 e. The van der Waals surface area contributed by atoms with Crippen LogP contribution in [0.2, 0.25) is 0 Å². The van der Waals surface area contributed by atoms with Gasteiger partial charge in [0.15, 0.2) is 0 Å². The number of nitrogens with zero attached hydrogens (tertiary/aromatic N) is 1. The summed E-state index contributed by atoms with van der Waals surface area (Å²) in [5.74, 6) is 0. The van der Waals surface area contributed by atoms with Gasteiger partial charge in [0.05, 0.1) is 12.6 Å². The molecule has 122 valence electrons. The molecular weight excluding hydrogens is 318 g/mol.